The Morgan fingerprint density at radius 1 is 1.25 bits per heavy atom. The Morgan fingerprint density at radius 3 is 2.75 bits per heavy atom. The summed E-state index contributed by atoms with van der Waals surface area (Å²) in [5, 5.41) is 13.2. The van der Waals surface area contributed by atoms with Crippen LogP contribution in [0.4, 0.5) is 8.78 Å². The zero-order valence-electron chi connectivity index (χ0n) is 10.6. The van der Waals surface area contributed by atoms with Gasteiger partial charge in [0, 0.05) is 11.3 Å². The summed E-state index contributed by atoms with van der Waals surface area (Å²) in [6.07, 6.45) is 2.98. The van der Waals surface area contributed by atoms with Crippen LogP contribution in [-0.4, -0.2) is 20.9 Å². The first-order valence-electron chi connectivity index (χ1n) is 6.38. The van der Waals surface area contributed by atoms with E-state index in [9.17, 15) is 18.7 Å². The fourth-order valence-corrected chi connectivity index (χ4v) is 2.63. The second kappa shape index (κ2) is 4.70. The zero-order chi connectivity index (χ0) is 14.3. The van der Waals surface area contributed by atoms with Gasteiger partial charge in [0.2, 0.25) is 0 Å². The van der Waals surface area contributed by atoms with Gasteiger partial charge in [-0.05, 0) is 37.8 Å². The van der Waals surface area contributed by atoms with E-state index >= 15 is 0 Å². The number of nitrogens with zero attached hydrogens (tertiary/aromatic N) is 2. The third-order valence-corrected chi connectivity index (χ3v) is 3.54. The molecule has 0 saturated carbocycles. The minimum absolute atomic E-state index is 0.0457. The van der Waals surface area contributed by atoms with Crippen molar-refractivity contribution >= 4 is 5.97 Å². The molecule has 1 aromatic carbocycles. The zero-order valence-corrected chi connectivity index (χ0v) is 10.6. The Balaban J connectivity index is 2.24. The number of carboxylic acids is 1. The lowest BCUT2D eigenvalue weighted by Gasteiger charge is -2.14. The third-order valence-electron chi connectivity index (χ3n) is 3.54. The summed E-state index contributed by atoms with van der Waals surface area (Å²) in [4.78, 5) is 11.2. The molecular formula is C14H12F2N2O2. The number of carboxylic acid groups (broad SMARTS) is 1. The van der Waals surface area contributed by atoms with E-state index in [0.717, 1.165) is 18.9 Å². The molecule has 0 amide bonds. The van der Waals surface area contributed by atoms with E-state index in [0.29, 0.717) is 24.1 Å². The van der Waals surface area contributed by atoms with Gasteiger partial charge >= 0.3 is 5.97 Å². The van der Waals surface area contributed by atoms with Crippen LogP contribution in [0, 0.1) is 11.6 Å². The van der Waals surface area contributed by atoms with Gasteiger partial charge in [-0.1, -0.05) is 6.07 Å². The van der Waals surface area contributed by atoms with Gasteiger partial charge in [0.05, 0.1) is 0 Å². The van der Waals surface area contributed by atoms with Crippen LogP contribution in [0.3, 0.4) is 0 Å². The number of halogens is 2. The number of hydrogen-bond acceptors (Lipinski definition) is 2. The fourth-order valence-electron chi connectivity index (χ4n) is 2.63. The molecule has 1 aliphatic rings. The van der Waals surface area contributed by atoms with Crippen molar-refractivity contribution in [3.8, 4) is 5.69 Å². The minimum Gasteiger partial charge on any atom is -0.476 e. The molecule has 0 atom stereocenters. The van der Waals surface area contributed by atoms with E-state index in [-0.39, 0.29) is 11.4 Å². The summed E-state index contributed by atoms with van der Waals surface area (Å²) in [5.41, 5.74) is 1.18. The molecular weight excluding hydrogens is 266 g/mol. The number of fused-ring (bicyclic) bond motifs is 1. The van der Waals surface area contributed by atoms with Crippen LogP contribution in [0.15, 0.2) is 18.2 Å². The van der Waals surface area contributed by atoms with E-state index in [4.69, 9.17) is 0 Å². The molecule has 0 unspecified atom stereocenters. The van der Waals surface area contributed by atoms with Crippen molar-refractivity contribution in [3.05, 3.63) is 46.8 Å². The fraction of sp³-hybridized carbons (Fsp3) is 0.286. The molecule has 20 heavy (non-hydrogen) atoms. The Labute approximate surface area is 113 Å². The van der Waals surface area contributed by atoms with Crippen molar-refractivity contribution in [1.82, 2.24) is 9.78 Å². The molecule has 1 N–H and O–H groups in total. The first kappa shape index (κ1) is 12.8. The number of aromatic carboxylic acids is 1. The highest BCUT2D eigenvalue weighted by Crippen LogP contribution is 2.28. The van der Waals surface area contributed by atoms with Crippen LogP contribution in [-0.2, 0) is 12.8 Å². The van der Waals surface area contributed by atoms with E-state index in [1.807, 2.05) is 0 Å². The average molecular weight is 278 g/mol. The number of rotatable bonds is 2. The maximum absolute atomic E-state index is 13.9. The molecule has 2 aromatic rings. The second-order valence-electron chi connectivity index (χ2n) is 4.77. The Morgan fingerprint density at radius 2 is 2.00 bits per heavy atom. The molecule has 104 valence electrons. The summed E-state index contributed by atoms with van der Waals surface area (Å²) < 4.78 is 28.4. The van der Waals surface area contributed by atoms with Gasteiger partial charge in [0.15, 0.2) is 17.3 Å². The third kappa shape index (κ3) is 1.88. The maximum atomic E-state index is 13.9. The van der Waals surface area contributed by atoms with Gasteiger partial charge < -0.3 is 5.11 Å². The standard InChI is InChI=1S/C14H12F2N2O2/c15-9-5-3-7-11(12(9)16)18-10-6-2-1-4-8(10)13(17-18)14(19)20/h3,5,7H,1-2,4,6H2,(H,19,20). The summed E-state index contributed by atoms with van der Waals surface area (Å²) in [6, 6.07) is 3.80. The molecule has 0 aliphatic heterocycles. The van der Waals surface area contributed by atoms with Crippen LogP contribution in [0.25, 0.3) is 5.69 Å². The summed E-state index contributed by atoms with van der Waals surface area (Å²) in [6.45, 7) is 0. The average Bonchev–Trinajstić information content (AvgIpc) is 2.82. The van der Waals surface area contributed by atoms with Crippen LogP contribution in [0.1, 0.15) is 34.6 Å². The van der Waals surface area contributed by atoms with Gasteiger partial charge in [0.1, 0.15) is 5.69 Å². The molecule has 3 rings (SSSR count). The normalized spacial score (nSPS) is 14.1. The quantitative estimate of drug-likeness (QED) is 0.919. The van der Waals surface area contributed by atoms with Crippen molar-refractivity contribution in [2.75, 3.05) is 0 Å². The monoisotopic (exact) mass is 278 g/mol. The first-order chi connectivity index (χ1) is 9.59. The Hall–Kier alpha value is -2.24. The number of carbonyl (C=O) groups is 1. The molecule has 0 radical (unpaired) electrons. The van der Waals surface area contributed by atoms with Crippen molar-refractivity contribution in [2.24, 2.45) is 0 Å². The largest absolute Gasteiger partial charge is 0.476 e. The van der Waals surface area contributed by atoms with E-state index in [1.165, 1.54) is 16.8 Å². The van der Waals surface area contributed by atoms with Crippen LogP contribution in [0.5, 0.6) is 0 Å². The van der Waals surface area contributed by atoms with Gasteiger partial charge in [-0.2, -0.15) is 5.10 Å². The predicted molar refractivity (Wildman–Crippen MR) is 67.1 cm³/mol. The van der Waals surface area contributed by atoms with Crippen LogP contribution in [0.2, 0.25) is 0 Å². The molecule has 4 nitrogen and oxygen atoms in total. The number of hydrogen-bond donors (Lipinski definition) is 1. The summed E-state index contributed by atoms with van der Waals surface area (Å²) in [5.74, 6) is -3.13. The van der Waals surface area contributed by atoms with Gasteiger partial charge in [0.25, 0.3) is 0 Å². The van der Waals surface area contributed by atoms with E-state index < -0.39 is 17.6 Å². The molecule has 1 aromatic heterocycles. The highest BCUT2D eigenvalue weighted by Gasteiger charge is 2.26. The smallest absolute Gasteiger partial charge is 0.356 e. The minimum atomic E-state index is -1.14. The summed E-state index contributed by atoms with van der Waals surface area (Å²) >= 11 is 0. The van der Waals surface area contributed by atoms with Crippen LogP contribution >= 0.6 is 0 Å². The SMILES string of the molecule is O=C(O)c1nn(-c2cccc(F)c2F)c2c1CCCC2. The Bertz CT molecular complexity index is 695. The van der Waals surface area contributed by atoms with Crippen molar-refractivity contribution in [2.45, 2.75) is 25.7 Å². The lowest BCUT2D eigenvalue weighted by atomic mass is 9.95. The van der Waals surface area contributed by atoms with Gasteiger partial charge in [-0.3, -0.25) is 0 Å². The second-order valence-corrected chi connectivity index (χ2v) is 4.77. The topological polar surface area (TPSA) is 55.1 Å². The van der Waals surface area contributed by atoms with E-state index in [2.05, 4.69) is 5.10 Å². The summed E-state index contributed by atoms with van der Waals surface area (Å²) in [7, 11) is 0. The first-order valence-corrected chi connectivity index (χ1v) is 6.38. The Kier molecular flexibility index (Phi) is 3.00. The maximum Gasteiger partial charge on any atom is 0.356 e. The molecule has 0 fully saturated rings. The van der Waals surface area contributed by atoms with Crippen molar-refractivity contribution in [1.29, 1.82) is 0 Å². The van der Waals surface area contributed by atoms with Crippen LogP contribution < -0.4 is 0 Å². The molecule has 0 saturated heterocycles. The highest BCUT2D eigenvalue weighted by atomic mass is 19.2. The predicted octanol–water partition coefficient (Wildman–Crippen LogP) is 2.73. The van der Waals surface area contributed by atoms with E-state index in [1.54, 1.807) is 0 Å². The molecule has 1 aliphatic carbocycles. The lowest BCUT2D eigenvalue weighted by Crippen LogP contribution is -2.09. The lowest BCUT2D eigenvalue weighted by molar-refractivity contribution is 0.0688. The number of benzene rings is 1. The van der Waals surface area contributed by atoms with Crippen molar-refractivity contribution in [3.63, 3.8) is 0 Å². The molecule has 0 spiro atoms. The molecule has 6 heteroatoms. The highest BCUT2D eigenvalue weighted by molar-refractivity contribution is 5.87. The van der Waals surface area contributed by atoms with Crippen molar-refractivity contribution < 1.29 is 18.7 Å². The molecule has 0 bridgehead atoms. The van der Waals surface area contributed by atoms with Gasteiger partial charge in [-0.25, -0.2) is 18.3 Å². The van der Waals surface area contributed by atoms with Gasteiger partial charge in [-0.15, -0.1) is 0 Å². The number of aromatic nitrogens is 2. The molecule has 1 heterocycles.